The van der Waals surface area contributed by atoms with Crippen molar-refractivity contribution in [2.75, 3.05) is 19.8 Å². The molecule has 2 aromatic rings. The Balaban J connectivity index is 1.90. The van der Waals surface area contributed by atoms with Gasteiger partial charge in [-0.1, -0.05) is 56.7 Å². The van der Waals surface area contributed by atoms with E-state index in [4.69, 9.17) is 14.2 Å². The Morgan fingerprint density at radius 2 is 1.46 bits per heavy atom. The number of aliphatic carboxylic acids is 1. The summed E-state index contributed by atoms with van der Waals surface area (Å²) in [7, 11) is 0. The van der Waals surface area contributed by atoms with Crippen LogP contribution in [0.4, 0.5) is 4.79 Å². The van der Waals surface area contributed by atoms with Gasteiger partial charge in [0.1, 0.15) is 23.7 Å². The summed E-state index contributed by atoms with van der Waals surface area (Å²) in [4.78, 5) is 36.1. The summed E-state index contributed by atoms with van der Waals surface area (Å²) in [6.45, 7) is 10.4. The first-order chi connectivity index (χ1) is 18.5. The Labute approximate surface area is 232 Å². The Hall–Kier alpha value is -3.55. The van der Waals surface area contributed by atoms with E-state index in [1.807, 2.05) is 42.5 Å². The second-order valence-corrected chi connectivity index (χ2v) is 11.0. The minimum atomic E-state index is -1.02. The molecule has 2 aromatic carbocycles. The quantitative estimate of drug-likeness (QED) is 0.233. The van der Waals surface area contributed by atoms with Gasteiger partial charge in [-0.3, -0.25) is 9.59 Å². The molecule has 0 aliphatic carbocycles. The number of rotatable bonds is 16. The number of alkyl carbamates (subject to hydrolysis) is 1. The van der Waals surface area contributed by atoms with Gasteiger partial charge in [-0.15, -0.1) is 0 Å². The Morgan fingerprint density at radius 1 is 0.872 bits per heavy atom. The van der Waals surface area contributed by atoms with Gasteiger partial charge < -0.3 is 24.6 Å². The van der Waals surface area contributed by atoms with E-state index in [1.165, 1.54) is 0 Å². The third-order valence-electron chi connectivity index (χ3n) is 5.88. The van der Waals surface area contributed by atoms with Crippen LogP contribution in [0.5, 0.6) is 11.5 Å². The molecule has 0 bridgehead atoms. The summed E-state index contributed by atoms with van der Waals surface area (Å²) in [5.74, 6) is -0.310. The number of ketones is 1. The molecule has 1 atom stereocenters. The van der Waals surface area contributed by atoms with Crippen LogP contribution in [0.25, 0.3) is 11.1 Å². The predicted molar refractivity (Wildman–Crippen MR) is 151 cm³/mol. The van der Waals surface area contributed by atoms with Crippen LogP contribution in [0.15, 0.2) is 48.5 Å². The molecular formula is C31H43NO7. The summed E-state index contributed by atoms with van der Waals surface area (Å²) in [6.07, 6.45) is 1.78. The fourth-order valence-corrected chi connectivity index (χ4v) is 3.86. The molecule has 0 radical (unpaired) electrons. The van der Waals surface area contributed by atoms with Gasteiger partial charge in [0.15, 0.2) is 5.78 Å². The van der Waals surface area contributed by atoms with Crippen LogP contribution in [0.1, 0.15) is 66.7 Å². The number of carboxylic acid groups (broad SMARTS) is 1. The smallest absolute Gasteiger partial charge is 0.407 e. The largest absolute Gasteiger partial charge is 0.493 e. The third kappa shape index (κ3) is 12.2. The van der Waals surface area contributed by atoms with Crippen LogP contribution in [0, 0.1) is 11.8 Å². The summed E-state index contributed by atoms with van der Waals surface area (Å²) in [6, 6.07) is 15.1. The van der Waals surface area contributed by atoms with Gasteiger partial charge in [0.2, 0.25) is 0 Å². The lowest BCUT2D eigenvalue weighted by molar-refractivity contribution is -0.144. The summed E-state index contributed by atoms with van der Waals surface area (Å²) in [5, 5.41) is 12.3. The number of unbranched alkanes of at least 4 members (excludes halogenated alkanes) is 1. The number of amides is 1. The maximum Gasteiger partial charge on any atom is 0.407 e. The lowest BCUT2D eigenvalue weighted by atomic mass is 9.96. The first-order valence-electron chi connectivity index (χ1n) is 13.6. The second-order valence-electron chi connectivity index (χ2n) is 11.0. The number of carboxylic acids is 1. The molecule has 214 valence electrons. The lowest BCUT2D eigenvalue weighted by Crippen LogP contribution is -2.33. The molecule has 0 heterocycles. The van der Waals surface area contributed by atoms with Gasteiger partial charge in [0, 0.05) is 24.1 Å². The minimum Gasteiger partial charge on any atom is -0.493 e. The van der Waals surface area contributed by atoms with Crippen LogP contribution >= 0.6 is 0 Å². The number of para-hydroxylation sites is 2. The molecule has 0 aliphatic heterocycles. The minimum absolute atomic E-state index is 0.119. The van der Waals surface area contributed by atoms with E-state index in [0.717, 1.165) is 23.3 Å². The zero-order chi connectivity index (χ0) is 28.8. The van der Waals surface area contributed by atoms with Crippen molar-refractivity contribution in [1.82, 2.24) is 5.32 Å². The van der Waals surface area contributed by atoms with E-state index in [1.54, 1.807) is 26.8 Å². The van der Waals surface area contributed by atoms with Crippen LogP contribution < -0.4 is 14.8 Å². The van der Waals surface area contributed by atoms with Crippen molar-refractivity contribution in [3.63, 3.8) is 0 Å². The Bertz CT molecular complexity index is 1070. The highest BCUT2D eigenvalue weighted by atomic mass is 16.6. The molecule has 0 saturated carbocycles. The molecule has 2 N–H and O–H groups in total. The van der Waals surface area contributed by atoms with E-state index in [0.29, 0.717) is 44.1 Å². The zero-order valence-corrected chi connectivity index (χ0v) is 23.8. The monoisotopic (exact) mass is 541 g/mol. The summed E-state index contributed by atoms with van der Waals surface area (Å²) >= 11 is 0. The van der Waals surface area contributed by atoms with Crippen molar-refractivity contribution in [3.05, 3.63) is 48.5 Å². The Kier molecular flexibility index (Phi) is 12.8. The zero-order valence-electron chi connectivity index (χ0n) is 23.8. The SMILES string of the molecule is CC(C)CCOc1ccccc1-c1ccccc1OCC(=O)C[C@H](CCCCNC(=O)OC(C)(C)C)C(=O)O. The van der Waals surface area contributed by atoms with Gasteiger partial charge in [-0.05, 0) is 58.1 Å². The number of hydrogen-bond acceptors (Lipinski definition) is 6. The number of nitrogens with one attached hydrogen (secondary N) is 1. The molecule has 8 nitrogen and oxygen atoms in total. The summed E-state index contributed by atoms with van der Waals surface area (Å²) in [5.41, 5.74) is 1.09. The molecule has 0 spiro atoms. The van der Waals surface area contributed by atoms with Gasteiger partial charge in [-0.25, -0.2) is 4.79 Å². The average Bonchev–Trinajstić information content (AvgIpc) is 2.85. The first kappa shape index (κ1) is 31.7. The number of benzene rings is 2. The van der Waals surface area contributed by atoms with Crippen LogP contribution in [-0.4, -0.2) is 48.3 Å². The Morgan fingerprint density at radius 3 is 2.03 bits per heavy atom. The molecule has 39 heavy (non-hydrogen) atoms. The standard InChI is InChI=1S/C31H43NO7/c1-22(2)17-19-37-27-15-8-6-13-25(27)26-14-7-9-16-28(26)38-21-24(33)20-23(29(34)35)12-10-11-18-32-30(36)39-31(3,4)5/h6-9,13-16,22-23H,10-12,17-21H2,1-5H3,(H,32,36)(H,34,35)/t23-/m0/s1. The maximum absolute atomic E-state index is 12.7. The molecule has 0 fully saturated rings. The third-order valence-corrected chi connectivity index (χ3v) is 5.88. The van der Waals surface area contributed by atoms with Crippen LogP contribution in [0.3, 0.4) is 0 Å². The number of Topliss-reactive ketones (excluding diaryl/α,β-unsaturated/α-hetero) is 1. The van der Waals surface area contributed by atoms with Crippen LogP contribution in [-0.2, 0) is 14.3 Å². The van der Waals surface area contributed by atoms with E-state index >= 15 is 0 Å². The molecule has 1 amide bonds. The number of ether oxygens (including phenoxy) is 3. The first-order valence-corrected chi connectivity index (χ1v) is 13.6. The van der Waals surface area contributed by atoms with Crippen molar-refractivity contribution in [2.24, 2.45) is 11.8 Å². The molecule has 2 rings (SSSR count). The van der Waals surface area contributed by atoms with Crippen molar-refractivity contribution in [1.29, 1.82) is 0 Å². The van der Waals surface area contributed by atoms with Crippen molar-refractivity contribution in [2.45, 2.75) is 72.3 Å². The molecule has 0 aromatic heterocycles. The fourth-order valence-electron chi connectivity index (χ4n) is 3.86. The molecular weight excluding hydrogens is 498 g/mol. The highest BCUT2D eigenvalue weighted by Crippen LogP contribution is 2.36. The predicted octanol–water partition coefficient (Wildman–Crippen LogP) is 6.51. The van der Waals surface area contributed by atoms with Crippen molar-refractivity contribution < 1.29 is 33.7 Å². The van der Waals surface area contributed by atoms with Gasteiger partial charge in [-0.2, -0.15) is 0 Å². The number of carbonyl (C=O) groups is 3. The van der Waals surface area contributed by atoms with Gasteiger partial charge >= 0.3 is 12.1 Å². The van der Waals surface area contributed by atoms with Crippen LogP contribution in [0.2, 0.25) is 0 Å². The molecule has 0 aliphatic rings. The second kappa shape index (κ2) is 15.8. The number of hydrogen-bond donors (Lipinski definition) is 2. The average molecular weight is 542 g/mol. The maximum atomic E-state index is 12.7. The lowest BCUT2D eigenvalue weighted by Gasteiger charge is -2.19. The highest BCUT2D eigenvalue weighted by Gasteiger charge is 2.22. The van der Waals surface area contributed by atoms with E-state index < -0.39 is 23.6 Å². The number of carbonyl (C=O) groups excluding carboxylic acids is 2. The summed E-state index contributed by atoms with van der Waals surface area (Å²) < 4.78 is 17.1. The highest BCUT2D eigenvalue weighted by molar-refractivity contribution is 5.85. The molecule has 0 unspecified atom stereocenters. The van der Waals surface area contributed by atoms with Crippen molar-refractivity contribution in [3.8, 4) is 22.6 Å². The normalized spacial score (nSPS) is 12.1. The topological polar surface area (TPSA) is 111 Å². The van der Waals surface area contributed by atoms with Crippen molar-refractivity contribution >= 4 is 17.8 Å². The van der Waals surface area contributed by atoms with Gasteiger partial charge in [0.05, 0.1) is 12.5 Å². The van der Waals surface area contributed by atoms with E-state index in [-0.39, 0.29) is 18.8 Å². The molecule has 0 saturated heterocycles. The van der Waals surface area contributed by atoms with E-state index in [9.17, 15) is 19.5 Å². The van der Waals surface area contributed by atoms with Gasteiger partial charge in [0.25, 0.3) is 0 Å². The van der Waals surface area contributed by atoms with E-state index in [2.05, 4.69) is 19.2 Å². The fraction of sp³-hybridized carbons (Fsp3) is 0.516. The molecule has 8 heteroatoms.